The van der Waals surface area contributed by atoms with Crippen LogP contribution in [0.25, 0.3) is 0 Å². The second-order valence-electron chi connectivity index (χ2n) is 4.13. The largest absolute Gasteiger partial charge is 0.496 e. The van der Waals surface area contributed by atoms with Gasteiger partial charge in [0, 0.05) is 24.4 Å². The lowest BCUT2D eigenvalue weighted by molar-refractivity contribution is -0.138. The molecule has 1 aliphatic heterocycles. The van der Waals surface area contributed by atoms with Crippen molar-refractivity contribution < 1.29 is 22.7 Å². The zero-order chi connectivity index (χ0) is 13.3. The molecular formula is C12H12F3NO2. The van der Waals surface area contributed by atoms with Crippen LogP contribution in [0, 0.1) is 0 Å². The van der Waals surface area contributed by atoms with Crippen LogP contribution in [0.15, 0.2) is 18.2 Å². The minimum Gasteiger partial charge on any atom is -0.496 e. The summed E-state index contributed by atoms with van der Waals surface area (Å²) < 4.78 is 43.3. The fraction of sp³-hybridized carbons (Fsp3) is 0.417. The first-order valence-electron chi connectivity index (χ1n) is 5.44. The molecule has 1 fully saturated rings. The molecule has 1 aliphatic rings. The smallest absolute Gasteiger partial charge is 0.419 e. The van der Waals surface area contributed by atoms with Crippen LogP contribution in [0.2, 0.25) is 0 Å². The van der Waals surface area contributed by atoms with Gasteiger partial charge >= 0.3 is 6.18 Å². The van der Waals surface area contributed by atoms with Crippen LogP contribution in [-0.4, -0.2) is 19.6 Å². The van der Waals surface area contributed by atoms with Crippen molar-refractivity contribution in [3.63, 3.8) is 0 Å². The molecule has 0 aromatic heterocycles. The summed E-state index contributed by atoms with van der Waals surface area (Å²) in [7, 11) is 1.21. The van der Waals surface area contributed by atoms with Gasteiger partial charge in [-0.3, -0.25) is 4.79 Å². The third-order valence-corrected chi connectivity index (χ3v) is 2.97. The van der Waals surface area contributed by atoms with E-state index in [0.29, 0.717) is 12.1 Å². The third-order valence-electron chi connectivity index (χ3n) is 2.97. The predicted molar refractivity (Wildman–Crippen MR) is 58.4 cm³/mol. The van der Waals surface area contributed by atoms with Gasteiger partial charge in [0.25, 0.3) is 0 Å². The number of rotatable bonds is 2. The number of hydrogen-bond donors (Lipinski definition) is 1. The van der Waals surface area contributed by atoms with Crippen molar-refractivity contribution in [3.8, 4) is 5.75 Å². The molecule has 0 bridgehead atoms. The Labute approximate surface area is 102 Å². The maximum absolute atomic E-state index is 12.8. The maximum atomic E-state index is 12.8. The van der Waals surface area contributed by atoms with Crippen molar-refractivity contribution in [3.05, 3.63) is 29.3 Å². The Morgan fingerprint density at radius 2 is 2.11 bits per heavy atom. The van der Waals surface area contributed by atoms with Gasteiger partial charge < -0.3 is 10.1 Å². The molecule has 1 N–H and O–H groups in total. The Morgan fingerprint density at radius 3 is 2.61 bits per heavy atom. The Bertz CT molecular complexity index is 471. The summed E-state index contributed by atoms with van der Waals surface area (Å²) in [6.45, 7) is 0.344. The standard InChI is InChI=1S/C12H12F3NO2/c1-18-11-8(7-5-10(17)16-6-7)3-2-4-9(11)12(13,14)15/h2-4,7H,5-6H2,1H3,(H,16,17). The van der Waals surface area contributed by atoms with Crippen LogP contribution in [0.3, 0.4) is 0 Å². The maximum Gasteiger partial charge on any atom is 0.419 e. The van der Waals surface area contributed by atoms with Crippen molar-refractivity contribution in [2.45, 2.75) is 18.5 Å². The quantitative estimate of drug-likeness (QED) is 0.885. The summed E-state index contributed by atoms with van der Waals surface area (Å²) >= 11 is 0. The summed E-state index contributed by atoms with van der Waals surface area (Å²) in [4.78, 5) is 11.1. The molecule has 1 heterocycles. The fourth-order valence-corrected chi connectivity index (χ4v) is 2.15. The molecule has 6 heteroatoms. The highest BCUT2D eigenvalue weighted by Gasteiger charge is 2.37. The first-order chi connectivity index (χ1) is 8.43. The van der Waals surface area contributed by atoms with Gasteiger partial charge in [0.05, 0.1) is 12.7 Å². The molecule has 2 rings (SSSR count). The first-order valence-corrected chi connectivity index (χ1v) is 5.44. The summed E-state index contributed by atoms with van der Waals surface area (Å²) in [6.07, 6.45) is -4.27. The van der Waals surface area contributed by atoms with Crippen LogP contribution < -0.4 is 10.1 Å². The van der Waals surface area contributed by atoms with Gasteiger partial charge in [0.2, 0.25) is 5.91 Å². The van der Waals surface area contributed by atoms with E-state index in [1.165, 1.54) is 13.2 Å². The first kappa shape index (κ1) is 12.7. The van der Waals surface area contributed by atoms with Crippen molar-refractivity contribution >= 4 is 5.91 Å². The average molecular weight is 259 g/mol. The van der Waals surface area contributed by atoms with E-state index < -0.39 is 11.7 Å². The molecule has 1 atom stereocenters. The molecule has 1 amide bonds. The Hall–Kier alpha value is -1.72. The Morgan fingerprint density at radius 1 is 1.39 bits per heavy atom. The summed E-state index contributed by atoms with van der Waals surface area (Å²) in [5.41, 5.74) is -0.382. The summed E-state index contributed by atoms with van der Waals surface area (Å²) in [6, 6.07) is 3.88. The van der Waals surface area contributed by atoms with Gasteiger partial charge in [-0.2, -0.15) is 13.2 Å². The topological polar surface area (TPSA) is 38.3 Å². The Balaban J connectivity index is 2.45. The van der Waals surface area contributed by atoms with E-state index in [1.54, 1.807) is 6.07 Å². The minimum atomic E-state index is -4.46. The lowest BCUT2D eigenvalue weighted by Crippen LogP contribution is -2.14. The molecule has 1 unspecified atom stereocenters. The van der Waals surface area contributed by atoms with Crippen molar-refractivity contribution in [1.29, 1.82) is 0 Å². The van der Waals surface area contributed by atoms with E-state index in [9.17, 15) is 18.0 Å². The fourth-order valence-electron chi connectivity index (χ4n) is 2.15. The SMILES string of the molecule is COc1c(C2CNC(=O)C2)cccc1C(F)(F)F. The predicted octanol–water partition coefficient (Wildman–Crippen LogP) is 2.32. The number of nitrogens with one attached hydrogen (secondary N) is 1. The van der Waals surface area contributed by atoms with E-state index >= 15 is 0 Å². The van der Waals surface area contributed by atoms with Gasteiger partial charge in [0.15, 0.2) is 0 Å². The number of halogens is 3. The molecule has 1 aromatic rings. The number of benzene rings is 1. The highest BCUT2D eigenvalue weighted by molar-refractivity contribution is 5.79. The van der Waals surface area contributed by atoms with Crippen LogP contribution in [0.4, 0.5) is 13.2 Å². The van der Waals surface area contributed by atoms with Gasteiger partial charge in [-0.15, -0.1) is 0 Å². The number of amides is 1. The molecule has 1 saturated heterocycles. The summed E-state index contributed by atoms with van der Waals surface area (Å²) in [5, 5.41) is 2.60. The van der Waals surface area contributed by atoms with Crippen molar-refractivity contribution in [1.82, 2.24) is 5.32 Å². The zero-order valence-electron chi connectivity index (χ0n) is 9.67. The normalized spacial score (nSPS) is 19.8. The van der Waals surface area contributed by atoms with Crippen molar-refractivity contribution in [2.75, 3.05) is 13.7 Å². The number of hydrogen-bond acceptors (Lipinski definition) is 2. The van der Waals surface area contributed by atoms with Crippen LogP contribution in [-0.2, 0) is 11.0 Å². The molecule has 0 radical (unpaired) electrons. The van der Waals surface area contributed by atoms with Crippen LogP contribution in [0.5, 0.6) is 5.75 Å². The van der Waals surface area contributed by atoms with Gasteiger partial charge in [0.1, 0.15) is 5.75 Å². The number of para-hydroxylation sites is 1. The van der Waals surface area contributed by atoms with Crippen LogP contribution in [0.1, 0.15) is 23.5 Å². The lowest BCUT2D eigenvalue weighted by atomic mass is 9.95. The average Bonchev–Trinajstić information content (AvgIpc) is 2.73. The molecule has 3 nitrogen and oxygen atoms in total. The molecule has 1 aromatic carbocycles. The van der Waals surface area contributed by atoms with Gasteiger partial charge in [-0.05, 0) is 6.07 Å². The Kier molecular flexibility index (Phi) is 3.19. The second kappa shape index (κ2) is 4.51. The molecule has 0 saturated carbocycles. The molecular weight excluding hydrogens is 247 g/mol. The highest BCUT2D eigenvalue weighted by Crippen LogP contribution is 2.41. The number of carbonyl (C=O) groups excluding carboxylic acids is 1. The number of carbonyl (C=O) groups is 1. The zero-order valence-corrected chi connectivity index (χ0v) is 9.67. The van der Waals surface area contributed by atoms with Crippen LogP contribution >= 0.6 is 0 Å². The molecule has 0 spiro atoms. The van der Waals surface area contributed by atoms with E-state index in [1.807, 2.05) is 0 Å². The third kappa shape index (κ3) is 2.27. The van der Waals surface area contributed by atoms with Gasteiger partial charge in [-0.25, -0.2) is 0 Å². The molecule has 98 valence electrons. The monoisotopic (exact) mass is 259 g/mol. The highest BCUT2D eigenvalue weighted by atomic mass is 19.4. The molecule has 0 aliphatic carbocycles. The summed E-state index contributed by atoms with van der Waals surface area (Å²) in [5.74, 6) is -0.610. The minimum absolute atomic E-state index is 0.153. The number of ether oxygens (including phenoxy) is 1. The van der Waals surface area contributed by atoms with E-state index in [0.717, 1.165) is 6.07 Å². The lowest BCUT2D eigenvalue weighted by Gasteiger charge is -2.18. The second-order valence-corrected chi connectivity index (χ2v) is 4.13. The number of methoxy groups -OCH3 is 1. The van der Waals surface area contributed by atoms with E-state index in [-0.39, 0.29) is 24.0 Å². The number of alkyl halides is 3. The molecule has 18 heavy (non-hydrogen) atoms. The van der Waals surface area contributed by atoms with Crippen molar-refractivity contribution in [2.24, 2.45) is 0 Å². The van der Waals surface area contributed by atoms with Gasteiger partial charge in [-0.1, -0.05) is 12.1 Å². The van der Waals surface area contributed by atoms with E-state index in [2.05, 4.69) is 5.32 Å². The van der Waals surface area contributed by atoms with E-state index in [4.69, 9.17) is 4.74 Å².